The molecular formula is C10H17BrN2S. The Labute approximate surface area is 98.6 Å². The maximum atomic E-state index is 4.32. The van der Waals surface area contributed by atoms with E-state index in [9.17, 15) is 0 Å². The van der Waals surface area contributed by atoms with Gasteiger partial charge in [-0.1, -0.05) is 29.8 Å². The van der Waals surface area contributed by atoms with Crippen LogP contribution in [0.1, 0.15) is 19.5 Å². The summed E-state index contributed by atoms with van der Waals surface area (Å²) in [6.07, 6.45) is 0. The monoisotopic (exact) mass is 276 g/mol. The van der Waals surface area contributed by atoms with Gasteiger partial charge in [0.2, 0.25) is 0 Å². The molecule has 0 spiro atoms. The molecule has 0 saturated heterocycles. The maximum Gasteiger partial charge on any atom is 0.0939 e. The molecule has 0 atom stereocenters. The van der Waals surface area contributed by atoms with Gasteiger partial charge in [0, 0.05) is 18.1 Å². The van der Waals surface area contributed by atoms with E-state index in [2.05, 4.69) is 40.9 Å². The fourth-order valence-electron chi connectivity index (χ4n) is 1.03. The minimum atomic E-state index is 0.336. The minimum absolute atomic E-state index is 0.336. The molecule has 1 rings (SSSR count). The fourth-order valence-corrected chi connectivity index (χ4v) is 2.61. The first-order chi connectivity index (χ1) is 6.44. The van der Waals surface area contributed by atoms with Gasteiger partial charge < -0.3 is 0 Å². The van der Waals surface area contributed by atoms with Gasteiger partial charge in [-0.15, -0.1) is 11.8 Å². The summed E-state index contributed by atoms with van der Waals surface area (Å²) >= 11 is 5.40. The van der Waals surface area contributed by atoms with Crippen molar-refractivity contribution in [2.75, 3.05) is 11.1 Å². The van der Waals surface area contributed by atoms with Crippen LogP contribution in [-0.4, -0.2) is 20.9 Å². The highest BCUT2D eigenvalue weighted by atomic mass is 79.9. The van der Waals surface area contributed by atoms with Crippen LogP contribution >= 0.6 is 27.7 Å². The summed E-state index contributed by atoms with van der Waals surface area (Å²) in [6.45, 7) is 6.55. The van der Waals surface area contributed by atoms with E-state index in [-0.39, 0.29) is 0 Å². The van der Waals surface area contributed by atoms with Gasteiger partial charge in [-0.3, -0.25) is 4.68 Å². The molecule has 80 valence electrons. The van der Waals surface area contributed by atoms with E-state index in [1.54, 1.807) is 0 Å². The molecule has 0 fully saturated rings. The average Bonchev–Trinajstić information content (AvgIpc) is 2.42. The van der Waals surface area contributed by atoms with Gasteiger partial charge in [0.15, 0.2) is 0 Å². The van der Waals surface area contributed by atoms with E-state index in [1.807, 2.05) is 30.4 Å². The molecule has 0 aromatic carbocycles. The predicted molar refractivity (Wildman–Crippen MR) is 66.2 cm³/mol. The molecule has 0 saturated carbocycles. The molecule has 0 aliphatic rings. The van der Waals surface area contributed by atoms with Crippen LogP contribution in [0.5, 0.6) is 0 Å². The van der Waals surface area contributed by atoms with E-state index in [1.165, 1.54) is 5.03 Å². The summed E-state index contributed by atoms with van der Waals surface area (Å²) in [4.78, 5) is 0. The molecule has 1 aromatic rings. The second-order valence-electron chi connectivity index (χ2n) is 4.33. The lowest BCUT2D eigenvalue weighted by molar-refractivity contribution is 0.495. The quantitative estimate of drug-likeness (QED) is 0.621. The van der Waals surface area contributed by atoms with Crippen LogP contribution in [0.4, 0.5) is 0 Å². The Morgan fingerprint density at radius 1 is 1.57 bits per heavy atom. The van der Waals surface area contributed by atoms with Gasteiger partial charge in [-0.25, -0.2) is 0 Å². The van der Waals surface area contributed by atoms with Crippen molar-refractivity contribution >= 4 is 27.7 Å². The van der Waals surface area contributed by atoms with E-state index in [4.69, 9.17) is 0 Å². The fraction of sp³-hybridized carbons (Fsp3) is 0.700. The van der Waals surface area contributed by atoms with Gasteiger partial charge in [0.1, 0.15) is 0 Å². The molecule has 1 aromatic heterocycles. The Bertz CT molecular complexity index is 307. The van der Waals surface area contributed by atoms with Crippen LogP contribution in [0, 0.1) is 12.3 Å². The van der Waals surface area contributed by atoms with E-state index < -0.39 is 0 Å². The van der Waals surface area contributed by atoms with Crippen LogP contribution in [0.3, 0.4) is 0 Å². The number of aromatic nitrogens is 2. The number of aryl methyl sites for hydroxylation is 2. The van der Waals surface area contributed by atoms with Crippen LogP contribution < -0.4 is 0 Å². The highest BCUT2D eigenvalue weighted by Gasteiger charge is 2.17. The normalized spacial score (nSPS) is 12.1. The number of rotatable bonds is 4. The highest BCUT2D eigenvalue weighted by Crippen LogP contribution is 2.28. The molecule has 0 N–H and O–H groups in total. The van der Waals surface area contributed by atoms with Crippen molar-refractivity contribution in [2.45, 2.75) is 25.8 Å². The number of hydrogen-bond donors (Lipinski definition) is 0. The van der Waals surface area contributed by atoms with Gasteiger partial charge in [-0.05, 0) is 18.4 Å². The lowest BCUT2D eigenvalue weighted by atomic mass is 10.0. The molecule has 0 aliphatic heterocycles. The van der Waals surface area contributed by atoms with Gasteiger partial charge >= 0.3 is 0 Å². The van der Waals surface area contributed by atoms with Crippen molar-refractivity contribution < 1.29 is 0 Å². The third kappa shape index (κ3) is 3.31. The first-order valence-electron chi connectivity index (χ1n) is 4.64. The number of thioether (sulfide) groups is 1. The predicted octanol–water partition coefficient (Wildman–Crippen LogP) is 3.24. The molecule has 4 heteroatoms. The van der Waals surface area contributed by atoms with Gasteiger partial charge in [0.25, 0.3) is 0 Å². The van der Waals surface area contributed by atoms with Crippen LogP contribution in [0.2, 0.25) is 0 Å². The topological polar surface area (TPSA) is 17.8 Å². The van der Waals surface area contributed by atoms with Gasteiger partial charge in [-0.2, -0.15) is 5.10 Å². The number of halogens is 1. The zero-order valence-corrected chi connectivity index (χ0v) is 11.6. The minimum Gasteiger partial charge on any atom is -0.262 e. The zero-order chi connectivity index (χ0) is 10.8. The molecule has 0 radical (unpaired) electrons. The molecular weight excluding hydrogens is 260 g/mol. The summed E-state index contributed by atoms with van der Waals surface area (Å²) in [5.41, 5.74) is 1.43. The first-order valence-corrected chi connectivity index (χ1v) is 6.75. The summed E-state index contributed by atoms with van der Waals surface area (Å²) in [6, 6.07) is 2.13. The zero-order valence-electron chi connectivity index (χ0n) is 9.17. The van der Waals surface area contributed by atoms with E-state index >= 15 is 0 Å². The lowest BCUT2D eigenvalue weighted by Gasteiger charge is -2.20. The highest BCUT2D eigenvalue weighted by molar-refractivity contribution is 9.09. The number of alkyl halides is 1. The number of hydrogen-bond acceptors (Lipinski definition) is 2. The standard InChI is InChI=1S/C10H17BrN2S/c1-8-5-9(13(4)12-8)14-7-10(2,3)6-11/h5H,6-7H2,1-4H3. The Morgan fingerprint density at radius 2 is 2.21 bits per heavy atom. The molecule has 0 bridgehead atoms. The Morgan fingerprint density at radius 3 is 2.64 bits per heavy atom. The third-order valence-corrected chi connectivity index (χ3v) is 5.05. The second-order valence-corrected chi connectivity index (χ2v) is 5.89. The van der Waals surface area contributed by atoms with Crippen molar-refractivity contribution in [3.63, 3.8) is 0 Å². The summed E-state index contributed by atoms with van der Waals surface area (Å²) < 4.78 is 1.95. The molecule has 0 aliphatic carbocycles. The smallest absolute Gasteiger partial charge is 0.0939 e. The van der Waals surface area contributed by atoms with Crippen molar-refractivity contribution in [2.24, 2.45) is 12.5 Å². The SMILES string of the molecule is Cc1cc(SCC(C)(C)CBr)n(C)n1. The van der Waals surface area contributed by atoms with E-state index in [0.29, 0.717) is 5.41 Å². The van der Waals surface area contributed by atoms with Crippen molar-refractivity contribution in [1.29, 1.82) is 0 Å². The van der Waals surface area contributed by atoms with Gasteiger partial charge in [0.05, 0.1) is 10.7 Å². The number of nitrogens with zero attached hydrogens (tertiary/aromatic N) is 2. The molecule has 0 unspecified atom stereocenters. The largest absolute Gasteiger partial charge is 0.262 e. The Balaban J connectivity index is 2.58. The van der Waals surface area contributed by atoms with Crippen molar-refractivity contribution in [1.82, 2.24) is 9.78 Å². The molecule has 0 amide bonds. The summed E-state index contributed by atoms with van der Waals surface area (Å²) in [7, 11) is 2.00. The second kappa shape index (κ2) is 4.71. The van der Waals surface area contributed by atoms with Crippen LogP contribution in [-0.2, 0) is 7.05 Å². The first kappa shape index (κ1) is 12.1. The third-order valence-electron chi connectivity index (χ3n) is 1.93. The summed E-state index contributed by atoms with van der Waals surface area (Å²) in [5, 5.41) is 6.60. The van der Waals surface area contributed by atoms with Crippen LogP contribution in [0.25, 0.3) is 0 Å². The average molecular weight is 277 g/mol. The van der Waals surface area contributed by atoms with E-state index in [0.717, 1.165) is 16.8 Å². The molecule has 1 heterocycles. The Hall–Kier alpha value is 0.0400. The molecule has 14 heavy (non-hydrogen) atoms. The van der Waals surface area contributed by atoms with Crippen molar-refractivity contribution in [3.8, 4) is 0 Å². The Kier molecular flexibility index (Phi) is 4.07. The maximum absolute atomic E-state index is 4.32. The van der Waals surface area contributed by atoms with Crippen LogP contribution in [0.15, 0.2) is 11.1 Å². The molecule has 2 nitrogen and oxygen atoms in total. The lowest BCUT2D eigenvalue weighted by Crippen LogP contribution is -2.16. The summed E-state index contributed by atoms with van der Waals surface area (Å²) in [5.74, 6) is 1.11. The van der Waals surface area contributed by atoms with Crippen molar-refractivity contribution in [3.05, 3.63) is 11.8 Å².